The topological polar surface area (TPSA) is 65.6 Å². The summed E-state index contributed by atoms with van der Waals surface area (Å²) >= 11 is 0. The van der Waals surface area contributed by atoms with E-state index in [4.69, 9.17) is 9.47 Å². The van der Waals surface area contributed by atoms with E-state index < -0.39 is 0 Å². The van der Waals surface area contributed by atoms with Crippen LogP contribution in [0.1, 0.15) is 44.6 Å². The molecule has 8 nitrogen and oxygen atoms in total. The molecule has 8 heteroatoms. The molecule has 1 aromatic rings. The summed E-state index contributed by atoms with van der Waals surface area (Å²) in [6, 6.07) is 8.52. The first-order chi connectivity index (χ1) is 19.6. The van der Waals surface area contributed by atoms with Gasteiger partial charge in [-0.15, -0.1) is 0 Å². The summed E-state index contributed by atoms with van der Waals surface area (Å²) in [6.07, 6.45) is 15.2. The van der Waals surface area contributed by atoms with E-state index in [1.54, 1.807) is 19.4 Å². The number of carbonyl (C=O) groups is 2. The number of hydrogen-bond donors (Lipinski definition) is 0. The van der Waals surface area contributed by atoms with Gasteiger partial charge in [0.25, 0.3) is 0 Å². The Morgan fingerprint density at radius 3 is 2.42 bits per heavy atom. The lowest BCUT2D eigenvalue weighted by Gasteiger charge is -2.44. The number of allylic oxidation sites excluding steroid dienone is 4. The first-order valence-corrected chi connectivity index (χ1v) is 14.8. The largest absolute Gasteiger partial charge is 0.456 e. The second-order valence-corrected chi connectivity index (χ2v) is 11.4. The van der Waals surface area contributed by atoms with E-state index in [1.807, 2.05) is 11.0 Å². The molecule has 4 heterocycles. The number of rotatable bonds is 5. The fraction of sp³-hybridized carbons (Fsp3) is 0.500. The Kier molecular flexibility index (Phi) is 7.96. The van der Waals surface area contributed by atoms with Crippen molar-refractivity contribution in [1.82, 2.24) is 14.7 Å². The molecule has 0 saturated carbocycles. The Labute approximate surface area is 237 Å². The van der Waals surface area contributed by atoms with Gasteiger partial charge >= 0.3 is 0 Å². The fourth-order valence-corrected chi connectivity index (χ4v) is 6.56. The Morgan fingerprint density at radius 2 is 1.73 bits per heavy atom. The van der Waals surface area contributed by atoms with Gasteiger partial charge in [0.05, 0.1) is 0 Å². The molecule has 6 rings (SSSR count). The lowest BCUT2D eigenvalue weighted by Crippen LogP contribution is -2.55. The molecule has 0 N–H and O–H groups in total. The number of para-hydroxylation sites is 1. The highest BCUT2D eigenvalue weighted by molar-refractivity contribution is 5.97. The number of benzene rings is 1. The number of likely N-dealkylation sites (tertiary alicyclic amines) is 1. The quantitative estimate of drug-likeness (QED) is 0.555. The second kappa shape index (κ2) is 11.9. The van der Waals surface area contributed by atoms with Crippen molar-refractivity contribution in [2.45, 2.75) is 51.5 Å². The van der Waals surface area contributed by atoms with Crippen LogP contribution in [0.3, 0.4) is 0 Å². The van der Waals surface area contributed by atoms with E-state index in [9.17, 15) is 9.59 Å². The van der Waals surface area contributed by atoms with E-state index in [-0.39, 0.29) is 23.8 Å². The lowest BCUT2D eigenvalue weighted by atomic mass is 9.90. The molecule has 4 aliphatic heterocycles. The molecule has 2 fully saturated rings. The number of hydrogen-bond acceptors (Lipinski definition) is 6. The average Bonchev–Trinajstić information content (AvgIpc) is 3.01. The smallest absolute Gasteiger partial charge is 0.231 e. The van der Waals surface area contributed by atoms with E-state index in [0.717, 1.165) is 88.6 Å². The van der Waals surface area contributed by atoms with Crippen LogP contribution in [0, 0.1) is 5.92 Å². The lowest BCUT2D eigenvalue weighted by molar-refractivity contribution is -0.133. The zero-order valence-electron chi connectivity index (χ0n) is 23.5. The summed E-state index contributed by atoms with van der Waals surface area (Å²) in [6.45, 7) is 7.33. The molecule has 0 radical (unpaired) electrons. The van der Waals surface area contributed by atoms with Gasteiger partial charge in [-0.2, -0.15) is 0 Å². The predicted octanol–water partition coefficient (Wildman–Crippen LogP) is 4.17. The van der Waals surface area contributed by atoms with Crippen LogP contribution in [0.15, 0.2) is 72.2 Å². The van der Waals surface area contributed by atoms with Crippen LogP contribution in [0.4, 0.5) is 5.69 Å². The van der Waals surface area contributed by atoms with Gasteiger partial charge in [0.1, 0.15) is 6.26 Å². The number of fused-ring (bicyclic) bond motifs is 1. The Hall–Kier alpha value is -3.52. The normalized spacial score (nSPS) is 23.9. The first-order valence-electron chi connectivity index (χ1n) is 14.8. The van der Waals surface area contributed by atoms with Gasteiger partial charge in [-0.05, 0) is 55.7 Å². The third-order valence-electron chi connectivity index (χ3n) is 8.95. The molecule has 2 amide bonds. The number of aryl methyl sites for hydroxylation is 1. The number of anilines is 1. The van der Waals surface area contributed by atoms with Crippen molar-refractivity contribution >= 4 is 17.5 Å². The number of carbonyl (C=O) groups excluding carboxylic acids is 2. The molecule has 40 heavy (non-hydrogen) atoms. The van der Waals surface area contributed by atoms with E-state index >= 15 is 0 Å². The van der Waals surface area contributed by atoms with E-state index in [0.29, 0.717) is 13.1 Å². The molecular formula is C32H40N4O4. The molecule has 2 saturated heterocycles. The van der Waals surface area contributed by atoms with Gasteiger partial charge in [-0.3, -0.25) is 14.5 Å². The molecule has 5 aliphatic rings. The minimum absolute atomic E-state index is 0.0326. The van der Waals surface area contributed by atoms with Gasteiger partial charge in [0.2, 0.25) is 17.7 Å². The zero-order valence-corrected chi connectivity index (χ0v) is 23.5. The van der Waals surface area contributed by atoms with E-state index in [2.05, 4.69) is 51.1 Å². The summed E-state index contributed by atoms with van der Waals surface area (Å²) < 4.78 is 11.9. The average molecular weight is 545 g/mol. The van der Waals surface area contributed by atoms with Crippen molar-refractivity contribution in [1.29, 1.82) is 0 Å². The Morgan fingerprint density at radius 1 is 0.925 bits per heavy atom. The molecule has 0 aromatic heterocycles. The standard InChI is InChI=1S/C32H40N4O4/c1-24(37)34-15-13-27(14-16-34)32(38)36-28(12-11-25-7-5-6-10-29(25)36)21-33-17-19-35(20-18-33)31-23-39-30(22-40-31)26-8-3-2-4-9-26/h2-3,5-8,10,22-23,27-28H,4,9,11-21H2,1H3. The first kappa shape index (κ1) is 26.7. The van der Waals surface area contributed by atoms with Crippen LogP contribution in [0.5, 0.6) is 0 Å². The number of amides is 2. The van der Waals surface area contributed by atoms with Crippen molar-refractivity contribution in [3.63, 3.8) is 0 Å². The van der Waals surface area contributed by atoms with Crippen LogP contribution in [0.2, 0.25) is 0 Å². The molecule has 0 bridgehead atoms. The number of piperazine rings is 1. The monoisotopic (exact) mass is 544 g/mol. The van der Waals surface area contributed by atoms with Crippen LogP contribution in [-0.2, 0) is 25.5 Å². The molecule has 1 atom stereocenters. The minimum Gasteiger partial charge on any atom is -0.456 e. The maximum absolute atomic E-state index is 14.0. The fourth-order valence-electron chi connectivity index (χ4n) is 6.56. The van der Waals surface area contributed by atoms with Crippen LogP contribution >= 0.6 is 0 Å². The number of ether oxygens (including phenoxy) is 2. The van der Waals surface area contributed by atoms with E-state index in [1.165, 1.54) is 11.1 Å². The van der Waals surface area contributed by atoms with Gasteiger partial charge in [0, 0.05) is 70.4 Å². The molecular weight excluding hydrogens is 504 g/mol. The van der Waals surface area contributed by atoms with Gasteiger partial charge in [0.15, 0.2) is 12.0 Å². The number of nitrogens with zero attached hydrogens (tertiary/aromatic N) is 4. The van der Waals surface area contributed by atoms with Crippen molar-refractivity contribution in [3.05, 3.63) is 77.8 Å². The van der Waals surface area contributed by atoms with Crippen LogP contribution in [0.25, 0.3) is 0 Å². The third kappa shape index (κ3) is 5.68. The number of piperidine rings is 1. The van der Waals surface area contributed by atoms with Crippen LogP contribution in [-0.4, -0.2) is 78.4 Å². The molecule has 1 aromatic carbocycles. The van der Waals surface area contributed by atoms with Gasteiger partial charge < -0.3 is 24.2 Å². The van der Waals surface area contributed by atoms with Gasteiger partial charge in [-0.1, -0.05) is 36.4 Å². The second-order valence-electron chi connectivity index (χ2n) is 11.4. The highest BCUT2D eigenvalue weighted by Crippen LogP contribution is 2.34. The summed E-state index contributed by atoms with van der Waals surface area (Å²) in [5, 5.41) is 0. The van der Waals surface area contributed by atoms with Crippen LogP contribution < -0.4 is 4.90 Å². The molecule has 0 spiro atoms. The van der Waals surface area contributed by atoms with Crippen molar-refractivity contribution in [2.75, 3.05) is 50.7 Å². The zero-order chi connectivity index (χ0) is 27.5. The predicted molar refractivity (Wildman–Crippen MR) is 154 cm³/mol. The summed E-state index contributed by atoms with van der Waals surface area (Å²) in [4.78, 5) is 34.5. The SMILES string of the molecule is CC(=O)N1CCC(C(=O)N2c3ccccc3CCC2CN2CCN(C3=COC(C4=CC=CCC4)=CO3)CC2)CC1. The molecule has 1 aliphatic carbocycles. The highest BCUT2D eigenvalue weighted by Gasteiger charge is 2.37. The Bertz CT molecular complexity index is 1240. The summed E-state index contributed by atoms with van der Waals surface area (Å²) in [7, 11) is 0. The highest BCUT2D eigenvalue weighted by atomic mass is 16.6. The van der Waals surface area contributed by atoms with Crippen molar-refractivity contribution in [2.24, 2.45) is 5.92 Å². The molecule has 212 valence electrons. The van der Waals surface area contributed by atoms with Gasteiger partial charge in [-0.25, -0.2) is 0 Å². The molecule has 1 unspecified atom stereocenters. The Balaban J connectivity index is 1.07. The minimum atomic E-state index is -0.0326. The third-order valence-corrected chi connectivity index (χ3v) is 8.95. The van der Waals surface area contributed by atoms with Crippen molar-refractivity contribution in [3.8, 4) is 0 Å². The summed E-state index contributed by atoms with van der Waals surface area (Å²) in [5.74, 6) is 1.84. The van der Waals surface area contributed by atoms with Crippen molar-refractivity contribution < 1.29 is 19.1 Å². The summed E-state index contributed by atoms with van der Waals surface area (Å²) in [5.41, 5.74) is 3.49. The maximum atomic E-state index is 14.0. The maximum Gasteiger partial charge on any atom is 0.231 e.